The van der Waals surface area contributed by atoms with Crippen molar-refractivity contribution in [3.05, 3.63) is 17.7 Å². The minimum atomic E-state index is -0.106. The molecule has 1 aromatic rings. The molecule has 0 bridgehead atoms. The number of ether oxygens (including phenoxy) is 3. The topological polar surface area (TPSA) is 56.8 Å². The molecule has 1 aliphatic rings. The Bertz CT molecular complexity index is 450. The number of benzene rings is 1. The van der Waals surface area contributed by atoms with Gasteiger partial charge in [0.25, 0.3) is 0 Å². The zero-order valence-electron chi connectivity index (χ0n) is 12.1. The van der Waals surface area contributed by atoms with Gasteiger partial charge in [0.1, 0.15) is 23.5 Å². The van der Waals surface area contributed by atoms with Gasteiger partial charge in [-0.15, -0.1) is 0 Å². The molecule has 1 aliphatic heterocycles. The van der Waals surface area contributed by atoms with Gasteiger partial charge >= 0.3 is 0 Å². The zero-order chi connectivity index (χ0) is 14.5. The Kier molecular flexibility index (Phi) is 4.84. The Morgan fingerprint density at radius 2 is 1.75 bits per heavy atom. The number of methoxy groups -OCH3 is 3. The molecule has 0 aromatic heterocycles. The minimum Gasteiger partial charge on any atom is -0.496 e. The summed E-state index contributed by atoms with van der Waals surface area (Å²) in [5.74, 6) is 2.11. The van der Waals surface area contributed by atoms with Crippen LogP contribution in [0.25, 0.3) is 0 Å². The van der Waals surface area contributed by atoms with E-state index in [1.54, 1.807) is 21.3 Å². The molecule has 1 heterocycles. The Hall–Kier alpha value is -1.75. The van der Waals surface area contributed by atoms with Crippen molar-refractivity contribution in [3.8, 4) is 17.2 Å². The van der Waals surface area contributed by atoms with Crippen LogP contribution in [0.3, 0.4) is 0 Å². The third kappa shape index (κ3) is 2.88. The molecule has 0 spiro atoms. The highest BCUT2D eigenvalue weighted by molar-refractivity contribution is 5.59. The van der Waals surface area contributed by atoms with E-state index >= 15 is 0 Å². The van der Waals surface area contributed by atoms with E-state index in [2.05, 4.69) is 5.32 Å². The lowest BCUT2D eigenvalue weighted by Gasteiger charge is -2.30. The van der Waals surface area contributed by atoms with Crippen LogP contribution in [-0.4, -0.2) is 33.7 Å². The van der Waals surface area contributed by atoms with Crippen molar-refractivity contribution < 1.29 is 19.0 Å². The molecule has 2 unspecified atom stereocenters. The zero-order valence-corrected chi connectivity index (χ0v) is 12.1. The number of hydrogen-bond donors (Lipinski definition) is 1. The number of hydrogen-bond acceptors (Lipinski definition) is 5. The normalized spacial score (nSPS) is 22.1. The number of carbonyl (C=O) groups excluding carboxylic acids is 1. The first-order valence-corrected chi connectivity index (χ1v) is 6.74. The number of rotatable bonds is 5. The molecule has 2 atom stereocenters. The maximum Gasteiger partial charge on any atom is 0.136 e. The van der Waals surface area contributed by atoms with E-state index < -0.39 is 0 Å². The summed E-state index contributed by atoms with van der Waals surface area (Å²) in [6, 6.07) is 3.62. The molecule has 20 heavy (non-hydrogen) atoms. The van der Waals surface area contributed by atoms with Gasteiger partial charge < -0.3 is 24.3 Å². The fourth-order valence-electron chi connectivity index (χ4n) is 2.68. The summed E-state index contributed by atoms with van der Waals surface area (Å²) in [6.45, 7) is 0. The second-order valence-electron chi connectivity index (χ2n) is 4.84. The Labute approximate surface area is 119 Å². The van der Waals surface area contributed by atoms with Crippen molar-refractivity contribution in [2.75, 3.05) is 21.3 Å². The largest absolute Gasteiger partial charge is 0.496 e. The molecule has 1 saturated heterocycles. The van der Waals surface area contributed by atoms with Crippen LogP contribution < -0.4 is 19.5 Å². The summed E-state index contributed by atoms with van der Waals surface area (Å²) in [4.78, 5) is 11.0. The van der Waals surface area contributed by atoms with Gasteiger partial charge in [-0.2, -0.15) is 0 Å². The Morgan fingerprint density at radius 3 is 2.25 bits per heavy atom. The van der Waals surface area contributed by atoms with E-state index in [0.29, 0.717) is 17.2 Å². The standard InChI is InChI=1S/C15H21NO4/c1-18-11-7-13(19-2)15(14(8-11)20-3)12-6-4-5-10(9-17)16-12/h7-10,12,16H,4-6H2,1-3H3. The van der Waals surface area contributed by atoms with Gasteiger partial charge in [0.05, 0.1) is 32.9 Å². The van der Waals surface area contributed by atoms with Crippen molar-refractivity contribution >= 4 is 6.29 Å². The van der Waals surface area contributed by atoms with Gasteiger partial charge in [0, 0.05) is 18.2 Å². The molecule has 0 saturated carbocycles. The summed E-state index contributed by atoms with van der Waals surface area (Å²) in [5.41, 5.74) is 0.947. The smallest absolute Gasteiger partial charge is 0.136 e. The SMILES string of the molecule is COc1cc(OC)c(C2CCCC(C=O)N2)c(OC)c1. The van der Waals surface area contributed by atoms with Crippen LogP contribution in [-0.2, 0) is 4.79 Å². The highest BCUT2D eigenvalue weighted by Gasteiger charge is 2.27. The quantitative estimate of drug-likeness (QED) is 0.836. The first-order valence-electron chi connectivity index (χ1n) is 6.74. The minimum absolute atomic E-state index is 0.0507. The molecule has 110 valence electrons. The lowest BCUT2D eigenvalue weighted by Crippen LogP contribution is -2.38. The fourth-order valence-corrected chi connectivity index (χ4v) is 2.68. The summed E-state index contributed by atoms with van der Waals surface area (Å²) in [5, 5.41) is 3.34. The molecule has 0 radical (unpaired) electrons. The molecule has 1 fully saturated rings. The average Bonchev–Trinajstić information content (AvgIpc) is 2.53. The van der Waals surface area contributed by atoms with E-state index in [-0.39, 0.29) is 12.1 Å². The number of nitrogens with one attached hydrogen (secondary N) is 1. The molecule has 0 aliphatic carbocycles. The van der Waals surface area contributed by atoms with Crippen LogP contribution >= 0.6 is 0 Å². The monoisotopic (exact) mass is 279 g/mol. The van der Waals surface area contributed by atoms with Crippen molar-refractivity contribution in [1.29, 1.82) is 0 Å². The van der Waals surface area contributed by atoms with Gasteiger partial charge in [-0.05, 0) is 19.3 Å². The Morgan fingerprint density at radius 1 is 1.10 bits per heavy atom. The maximum absolute atomic E-state index is 11.0. The summed E-state index contributed by atoms with van der Waals surface area (Å²) >= 11 is 0. The van der Waals surface area contributed by atoms with E-state index in [1.807, 2.05) is 12.1 Å². The van der Waals surface area contributed by atoms with Gasteiger partial charge in [-0.1, -0.05) is 0 Å². The molecular weight excluding hydrogens is 258 g/mol. The van der Waals surface area contributed by atoms with Crippen molar-refractivity contribution in [2.45, 2.75) is 31.3 Å². The molecular formula is C15H21NO4. The van der Waals surface area contributed by atoms with E-state index in [0.717, 1.165) is 31.1 Å². The van der Waals surface area contributed by atoms with Crippen molar-refractivity contribution in [1.82, 2.24) is 5.32 Å². The van der Waals surface area contributed by atoms with Crippen LogP contribution in [0.2, 0.25) is 0 Å². The molecule has 1 N–H and O–H groups in total. The van der Waals surface area contributed by atoms with Crippen molar-refractivity contribution in [3.63, 3.8) is 0 Å². The lowest BCUT2D eigenvalue weighted by atomic mass is 9.92. The highest BCUT2D eigenvalue weighted by Crippen LogP contribution is 2.41. The highest BCUT2D eigenvalue weighted by atomic mass is 16.5. The Balaban J connectivity index is 2.40. The molecule has 1 aromatic carbocycles. The van der Waals surface area contributed by atoms with Crippen LogP contribution in [0, 0.1) is 0 Å². The fraction of sp³-hybridized carbons (Fsp3) is 0.533. The lowest BCUT2D eigenvalue weighted by molar-refractivity contribution is -0.110. The van der Waals surface area contributed by atoms with E-state index in [9.17, 15) is 4.79 Å². The van der Waals surface area contributed by atoms with E-state index in [1.165, 1.54) is 0 Å². The molecule has 2 rings (SSSR count). The number of piperidine rings is 1. The van der Waals surface area contributed by atoms with Crippen LogP contribution in [0.1, 0.15) is 30.9 Å². The summed E-state index contributed by atoms with van der Waals surface area (Å²) in [6.07, 6.45) is 3.79. The van der Waals surface area contributed by atoms with Gasteiger partial charge in [0.2, 0.25) is 0 Å². The van der Waals surface area contributed by atoms with E-state index in [4.69, 9.17) is 14.2 Å². The first-order chi connectivity index (χ1) is 9.73. The predicted octanol–water partition coefficient (Wildman–Crippen LogP) is 2.09. The van der Waals surface area contributed by atoms with Gasteiger partial charge in [-0.25, -0.2) is 0 Å². The van der Waals surface area contributed by atoms with Crippen LogP contribution in [0.4, 0.5) is 0 Å². The average molecular weight is 279 g/mol. The molecule has 5 heteroatoms. The third-order valence-corrected chi connectivity index (χ3v) is 3.69. The molecule has 5 nitrogen and oxygen atoms in total. The third-order valence-electron chi connectivity index (χ3n) is 3.69. The second kappa shape index (κ2) is 6.61. The molecule has 0 amide bonds. The van der Waals surface area contributed by atoms with Crippen LogP contribution in [0.5, 0.6) is 17.2 Å². The first kappa shape index (κ1) is 14.7. The maximum atomic E-state index is 11.0. The summed E-state index contributed by atoms with van der Waals surface area (Å²) in [7, 11) is 4.85. The van der Waals surface area contributed by atoms with Crippen molar-refractivity contribution in [2.24, 2.45) is 0 Å². The summed E-state index contributed by atoms with van der Waals surface area (Å²) < 4.78 is 16.2. The van der Waals surface area contributed by atoms with Gasteiger partial charge in [-0.3, -0.25) is 0 Å². The van der Waals surface area contributed by atoms with Crippen LogP contribution in [0.15, 0.2) is 12.1 Å². The predicted molar refractivity (Wildman–Crippen MR) is 75.7 cm³/mol. The number of aldehydes is 1. The van der Waals surface area contributed by atoms with Gasteiger partial charge in [0.15, 0.2) is 0 Å². The second-order valence-corrected chi connectivity index (χ2v) is 4.84. The number of carbonyl (C=O) groups is 1.